The molecule has 3 heteroatoms. The van der Waals surface area contributed by atoms with Crippen molar-refractivity contribution in [3.63, 3.8) is 0 Å². The van der Waals surface area contributed by atoms with Crippen molar-refractivity contribution < 1.29 is 4.74 Å². The van der Waals surface area contributed by atoms with E-state index in [-0.39, 0.29) is 6.10 Å². The second-order valence-electron chi connectivity index (χ2n) is 5.92. The van der Waals surface area contributed by atoms with E-state index in [1.54, 1.807) is 0 Å². The Morgan fingerprint density at radius 2 is 2.10 bits per heavy atom. The van der Waals surface area contributed by atoms with Crippen LogP contribution in [0.25, 0.3) is 0 Å². The molecule has 21 heavy (non-hydrogen) atoms. The van der Waals surface area contributed by atoms with Gasteiger partial charge in [0.1, 0.15) is 0 Å². The van der Waals surface area contributed by atoms with E-state index in [0.717, 1.165) is 19.4 Å². The van der Waals surface area contributed by atoms with Gasteiger partial charge in [-0.1, -0.05) is 19.1 Å². The molecule has 2 aliphatic rings. The first-order valence-corrected chi connectivity index (χ1v) is 7.77. The number of benzene rings is 1. The summed E-state index contributed by atoms with van der Waals surface area (Å²) in [4.78, 5) is 4.13. The number of rotatable bonds is 2. The van der Waals surface area contributed by atoms with Gasteiger partial charge in [0.05, 0.1) is 12.1 Å². The standard InChI is InChI=1S/C18H20N2O/c1-2-12-3-4-16-15(11-12)18-14(7-10-21-18)17(20-16)13-5-8-19-9-6-13/h3-6,8-9,11,14,17-18,20H,2,7,10H2,1H3/t14-,17-,18-/m0/s1. The number of aryl methyl sites for hydroxylation is 1. The number of ether oxygens (including phenoxy) is 1. The van der Waals surface area contributed by atoms with Crippen LogP contribution < -0.4 is 5.32 Å². The van der Waals surface area contributed by atoms with Crippen molar-refractivity contribution in [2.75, 3.05) is 11.9 Å². The monoisotopic (exact) mass is 280 g/mol. The summed E-state index contributed by atoms with van der Waals surface area (Å²) in [5.41, 5.74) is 5.24. The van der Waals surface area contributed by atoms with Gasteiger partial charge in [0.2, 0.25) is 0 Å². The molecule has 1 aromatic carbocycles. The van der Waals surface area contributed by atoms with Gasteiger partial charge in [-0.2, -0.15) is 0 Å². The van der Waals surface area contributed by atoms with Gasteiger partial charge in [0.25, 0.3) is 0 Å². The first-order valence-electron chi connectivity index (χ1n) is 7.77. The lowest BCUT2D eigenvalue weighted by molar-refractivity contribution is 0.0828. The number of hydrogen-bond acceptors (Lipinski definition) is 3. The molecule has 1 fully saturated rings. The molecule has 1 N–H and O–H groups in total. The molecule has 108 valence electrons. The third-order valence-electron chi connectivity index (χ3n) is 4.77. The highest BCUT2D eigenvalue weighted by Gasteiger charge is 2.41. The maximum Gasteiger partial charge on any atom is 0.0896 e. The molecule has 1 saturated heterocycles. The molecular weight excluding hydrogens is 260 g/mol. The first kappa shape index (κ1) is 12.8. The normalized spacial score (nSPS) is 26.8. The Hall–Kier alpha value is -1.87. The summed E-state index contributed by atoms with van der Waals surface area (Å²) in [6, 6.07) is 11.3. The molecule has 2 aromatic rings. The van der Waals surface area contributed by atoms with Crippen LogP contribution in [-0.2, 0) is 11.2 Å². The van der Waals surface area contributed by atoms with Crippen molar-refractivity contribution in [1.82, 2.24) is 4.98 Å². The zero-order chi connectivity index (χ0) is 14.2. The van der Waals surface area contributed by atoms with Gasteiger partial charge in [-0.05, 0) is 42.2 Å². The van der Waals surface area contributed by atoms with Gasteiger partial charge in [-0.15, -0.1) is 0 Å². The van der Waals surface area contributed by atoms with Crippen LogP contribution >= 0.6 is 0 Å². The smallest absolute Gasteiger partial charge is 0.0896 e. The van der Waals surface area contributed by atoms with Crippen molar-refractivity contribution in [1.29, 1.82) is 0 Å². The van der Waals surface area contributed by atoms with Gasteiger partial charge in [0, 0.05) is 36.2 Å². The molecule has 3 atom stereocenters. The SMILES string of the molecule is CCc1ccc2c(c1)[C@H]1OCC[C@H]1[C@H](c1ccncc1)N2. The third kappa shape index (κ3) is 2.12. The van der Waals surface area contributed by atoms with E-state index in [2.05, 4.69) is 47.6 Å². The van der Waals surface area contributed by atoms with Crippen LogP contribution in [0.5, 0.6) is 0 Å². The van der Waals surface area contributed by atoms with Crippen molar-refractivity contribution in [2.24, 2.45) is 5.92 Å². The van der Waals surface area contributed by atoms with Crippen LogP contribution in [0.2, 0.25) is 0 Å². The predicted octanol–water partition coefficient (Wildman–Crippen LogP) is 3.89. The van der Waals surface area contributed by atoms with Gasteiger partial charge in [0.15, 0.2) is 0 Å². The molecule has 3 nitrogen and oxygen atoms in total. The van der Waals surface area contributed by atoms with Gasteiger partial charge in [-0.3, -0.25) is 4.98 Å². The number of nitrogens with zero attached hydrogens (tertiary/aromatic N) is 1. The highest BCUT2D eigenvalue weighted by Crippen LogP contribution is 2.49. The van der Waals surface area contributed by atoms with Crippen LogP contribution in [0.15, 0.2) is 42.7 Å². The average molecular weight is 280 g/mol. The molecule has 2 aliphatic heterocycles. The summed E-state index contributed by atoms with van der Waals surface area (Å²) in [5.74, 6) is 0.506. The quantitative estimate of drug-likeness (QED) is 0.906. The van der Waals surface area contributed by atoms with Gasteiger partial charge in [-0.25, -0.2) is 0 Å². The van der Waals surface area contributed by atoms with E-state index < -0.39 is 0 Å². The van der Waals surface area contributed by atoms with Crippen LogP contribution in [0.3, 0.4) is 0 Å². The van der Waals surface area contributed by atoms with Crippen LogP contribution in [0.4, 0.5) is 5.69 Å². The number of anilines is 1. The highest BCUT2D eigenvalue weighted by atomic mass is 16.5. The lowest BCUT2D eigenvalue weighted by Gasteiger charge is -2.36. The van der Waals surface area contributed by atoms with Crippen LogP contribution in [0.1, 0.15) is 42.2 Å². The molecule has 0 bridgehead atoms. The van der Waals surface area contributed by atoms with Crippen molar-refractivity contribution in [2.45, 2.75) is 31.9 Å². The molecule has 0 spiro atoms. The van der Waals surface area contributed by atoms with Crippen LogP contribution in [0, 0.1) is 5.92 Å². The van der Waals surface area contributed by atoms with Gasteiger partial charge >= 0.3 is 0 Å². The summed E-state index contributed by atoms with van der Waals surface area (Å²) in [6.07, 6.45) is 6.15. The fourth-order valence-corrected chi connectivity index (χ4v) is 3.64. The molecule has 0 saturated carbocycles. The minimum atomic E-state index is 0.228. The lowest BCUT2D eigenvalue weighted by atomic mass is 9.81. The van der Waals surface area contributed by atoms with Crippen molar-refractivity contribution in [3.8, 4) is 0 Å². The summed E-state index contributed by atoms with van der Waals surface area (Å²) < 4.78 is 6.08. The van der Waals surface area contributed by atoms with E-state index in [0.29, 0.717) is 12.0 Å². The maximum absolute atomic E-state index is 6.08. The minimum absolute atomic E-state index is 0.228. The van der Waals surface area contributed by atoms with E-state index in [4.69, 9.17) is 4.74 Å². The summed E-state index contributed by atoms with van der Waals surface area (Å²) in [7, 11) is 0. The molecule has 1 aromatic heterocycles. The molecular formula is C18H20N2O. The Kier molecular flexibility index (Phi) is 3.15. The number of aromatic nitrogens is 1. The fourth-order valence-electron chi connectivity index (χ4n) is 3.64. The van der Waals surface area contributed by atoms with E-state index in [1.165, 1.54) is 22.4 Å². The van der Waals surface area contributed by atoms with Crippen molar-refractivity contribution >= 4 is 5.69 Å². The number of hydrogen-bond donors (Lipinski definition) is 1. The Labute approximate surface area is 125 Å². The van der Waals surface area contributed by atoms with E-state index in [1.807, 2.05) is 12.4 Å². The molecule has 0 unspecified atom stereocenters. The molecule has 0 aliphatic carbocycles. The van der Waals surface area contributed by atoms with E-state index in [9.17, 15) is 0 Å². The zero-order valence-corrected chi connectivity index (χ0v) is 12.3. The van der Waals surface area contributed by atoms with E-state index >= 15 is 0 Å². The molecule has 3 heterocycles. The summed E-state index contributed by atoms with van der Waals surface area (Å²) in [5, 5.41) is 3.73. The molecule has 4 rings (SSSR count). The zero-order valence-electron chi connectivity index (χ0n) is 12.3. The Bertz CT molecular complexity index is 641. The topological polar surface area (TPSA) is 34.1 Å². The summed E-state index contributed by atoms with van der Waals surface area (Å²) in [6.45, 7) is 3.05. The fraction of sp³-hybridized carbons (Fsp3) is 0.389. The van der Waals surface area contributed by atoms with Crippen molar-refractivity contribution in [3.05, 3.63) is 59.4 Å². The second-order valence-corrected chi connectivity index (χ2v) is 5.92. The Morgan fingerprint density at radius 1 is 1.24 bits per heavy atom. The second kappa shape index (κ2) is 5.15. The predicted molar refractivity (Wildman–Crippen MR) is 83.2 cm³/mol. The largest absolute Gasteiger partial charge is 0.378 e. The molecule has 0 radical (unpaired) electrons. The van der Waals surface area contributed by atoms with Crippen LogP contribution in [-0.4, -0.2) is 11.6 Å². The summed E-state index contributed by atoms with van der Waals surface area (Å²) >= 11 is 0. The first-order chi connectivity index (χ1) is 10.4. The third-order valence-corrected chi connectivity index (χ3v) is 4.77. The number of nitrogens with one attached hydrogen (secondary N) is 1. The number of pyridine rings is 1. The molecule has 0 amide bonds. The maximum atomic E-state index is 6.08. The highest BCUT2D eigenvalue weighted by molar-refractivity contribution is 5.58. The lowest BCUT2D eigenvalue weighted by Crippen LogP contribution is -2.29. The minimum Gasteiger partial charge on any atom is -0.378 e. The Morgan fingerprint density at radius 3 is 2.90 bits per heavy atom. The Balaban J connectivity index is 1.77. The number of fused-ring (bicyclic) bond motifs is 3. The van der Waals surface area contributed by atoms with Gasteiger partial charge < -0.3 is 10.1 Å². The average Bonchev–Trinajstić information content (AvgIpc) is 3.04.